The summed E-state index contributed by atoms with van der Waals surface area (Å²) >= 11 is 6.85. The van der Waals surface area contributed by atoms with Crippen molar-refractivity contribution in [3.63, 3.8) is 0 Å². The lowest BCUT2D eigenvalue weighted by molar-refractivity contribution is 0.0701. The van der Waals surface area contributed by atoms with Gasteiger partial charge in [-0.2, -0.15) is 0 Å². The Morgan fingerprint density at radius 3 is 2.65 bits per heavy atom. The van der Waals surface area contributed by atoms with Crippen molar-refractivity contribution in [2.45, 2.75) is 6.42 Å². The fourth-order valence-corrected chi connectivity index (χ4v) is 2.93. The van der Waals surface area contributed by atoms with Crippen molar-refractivity contribution < 1.29 is 19.4 Å². The number of carbonyl (C=O) groups excluding carboxylic acids is 1. The molecule has 0 spiro atoms. The molecule has 1 heterocycles. The molecule has 0 unspecified atom stereocenters. The maximum absolute atomic E-state index is 12.2. The third-order valence-corrected chi connectivity index (χ3v) is 4.37. The number of halogens is 1. The highest BCUT2D eigenvalue weighted by Crippen LogP contribution is 2.19. The third kappa shape index (κ3) is 4.97. The summed E-state index contributed by atoms with van der Waals surface area (Å²) in [5.41, 5.74) is 0. The third-order valence-electron chi connectivity index (χ3n) is 3.08. The van der Waals surface area contributed by atoms with Gasteiger partial charge < -0.3 is 14.7 Å². The molecule has 2 rings (SSSR count). The number of thiophene rings is 1. The van der Waals surface area contributed by atoms with Crippen LogP contribution in [0.2, 0.25) is 5.02 Å². The number of carboxylic acids is 1. The number of hydrogen-bond donors (Lipinski definition) is 1. The van der Waals surface area contributed by atoms with Crippen LogP contribution in [0.4, 0.5) is 0 Å². The Kier molecular flexibility index (Phi) is 6.01. The van der Waals surface area contributed by atoms with Crippen molar-refractivity contribution in [2.24, 2.45) is 0 Å². The number of aromatic carboxylic acids is 1. The van der Waals surface area contributed by atoms with Gasteiger partial charge in [0.15, 0.2) is 0 Å². The van der Waals surface area contributed by atoms with Crippen LogP contribution in [0.1, 0.15) is 25.8 Å². The number of amides is 1. The van der Waals surface area contributed by atoms with E-state index in [4.69, 9.17) is 21.4 Å². The van der Waals surface area contributed by atoms with Crippen molar-refractivity contribution in [3.05, 3.63) is 51.2 Å². The van der Waals surface area contributed by atoms with Gasteiger partial charge in [-0.1, -0.05) is 17.7 Å². The molecule has 0 aliphatic carbocycles. The van der Waals surface area contributed by atoms with Crippen LogP contribution >= 0.6 is 22.9 Å². The molecule has 0 aliphatic rings. The second-order valence-corrected chi connectivity index (χ2v) is 6.38. The van der Waals surface area contributed by atoms with Gasteiger partial charge >= 0.3 is 5.97 Å². The van der Waals surface area contributed by atoms with Gasteiger partial charge in [0.05, 0.1) is 11.5 Å². The first-order valence-electron chi connectivity index (χ1n) is 6.94. The maximum atomic E-state index is 12.2. The van der Waals surface area contributed by atoms with E-state index in [1.807, 2.05) is 12.1 Å². The largest absolute Gasteiger partial charge is 0.493 e. The highest BCUT2D eigenvalue weighted by molar-refractivity contribution is 7.15. The van der Waals surface area contributed by atoms with E-state index in [1.165, 1.54) is 12.1 Å². The topological polar surface area (TPSA) is 66.8 Å². The van der Waals surface area contributed by atoms with Crippen LogP contribution in [0.25, 0.3) is 0 Å². The molecule has 5 nitrogen and oxygen atoms in total. The molecule has 1 N–H and O–H groups in total. The van der Waals surface area contributed by atoms with Gasteiger partial charge in [0.2, 0.25) is 0 Å². The Bertz CT molecular complexity index is 701. The zero-order valence-electron chi connectivity index (χ0n) is 12.5. The van der Waals surface area contributed by atoms with Gasteiger partial charge in [-0.15, -0.1) is 11.3 Å². The minimum absolute atomic E-state index is 0.158. The average Bonchev–Trinajstić information content (AvgIpc) is 3.01. The lowest BCUT2D eigenvalue weighted by Gasteiger charge is -2.16. The Hall–Kier alpha value is -2.05. The number of carbonyl (C=O) groups is 2. The molecule has 0 saturated heterocycles. The molecule has 23 heavy (non-hydrogen) atoms. The number of ether oxygens (including phenoxy) is 1. The Labute approximate surface area is 143 Å². The first kappa shape index (κ1) is 17.3. The van der Waals surface area contributed by atoms with Crippen LogP contribution in [0.5, 0.6) is 5.75 Å². The van der Waals surface area contributed by atoms with Crippen LogP contribution < -0.4 is 4.74 Å². The molecule has 0 radical (unpaired) electrons. The molecule has 2 aromatic rings. The molecule has 0 aliphatic heterocycles. The van der Waals surface area contributed by atoms with Gasteiger partial charge in [-0.05, 0) is 36.8 Å². The van der Waals surface area contributed by atoms with Crippen molar-refractivity contribution >= 4 is 34.8 Å². The lowest BCUT2D eigenvalue weighted by atomic mass is 10.3. The minimum atomic E-state index is -1.02. The summed E-state index contributed by atoms with van der Waals surface area (Å²) in [5.74, 6) is -0.521. The number of nitrogens with zero attached hydrogens (tertiary/aromatic N) is 1. The number of hydrogen-bond acceptors (Lipinski definition) is 4. The van der Waals surface area contributed by atoms with E-state index < -0.39 is 5.97 Å². The fraction of sp³-hybridized carbons (Fsp3) is 0.250. The van der Waals surface area contributed by atoms with E-state index in [0.29, 0.717) is 35.2 Å². The molecule has 0 saturated carbocycles. The predicted octanol–water partition coefficient (Wildman–Crippen LogP) is 3.64. The molecular formula is C16H16ClNO4S. The second kappa shape index (κ2) is 7.99. The van der Waals surface area contributed by atoms with Crippen molar-refractivity contribution in [3.8, 4) is 5.75 Å². The predicted molar refractivity (Wildman–Crippen MR) is 89.8 cm³/mol. The first-order valence-corrected chi connectivity index (χ1v) is 8.14. The highest BCUT2D eigenvalue weighted by atomic mass is 35.5. The summed E-state index contributed by atoms with van der Waals surface area (Å²) in [6.45, 7) is 0.975. The van der Waals surface area contributed by atoms with E-state index in [-0.39, 0.29) is 10.8 Å². The van der Waals surface area contributed by atoms with E-state index in [1.54, 1.807) is 24.1 Å². The molecule has 0 bridgehead atoms. The number of carboxylic acid groups (broad SMARTS) is 1. The van der Waals surface area contributed by atoms with Crippen LogP contribution in [0, 0.1) is 0 Å². The summed E-state index contributed by atoms with van der Waals surface area (Å²) < 4.78 is 5.56. The summed E-state index contributed by atoms with van der Waals surface area (Å²) in [7, 11) is 1.68. The second-order valence-electron chi connectivity index (χ2n) is 4.86. The Morgan fingerprint density at radius 1 is 1.26 bits per heavy atom. The molecular weight excluding hydrogens is 338 g/mol. The van der Waals surface area contributed by atoms with Crippen molar-refractivity contribution in [2.75, 3.05) is 20.2 Å². The molecule has 1 aromatic heterocycles. The number of benzene rings is 1. The maximum Gasteiger partial charge on any atom is 0.345 e. The van der Waals surface area contributed by atoms with Crippen molar-refractivity contribution in [1.82, 2.24) is 4.90 Å². The van der Waals surface area contributed by atoms with Crippen LogP contribution in [-0.2, 0) is 0 Å². The lowest BCUT2D eigenvalue weighted by Crippen LogP contribution is -2.28. The van der Waals surface area contributed by atoms with E-state index in [9.17, 15) is 9.59 Å². The van der Waals surface area contributed by atoms with Crippen LogP contribution in [0.15, 0.2) is 36.4 Å². The van der Waals surface area contributed by atoms with E-state index in [0.717, 1.165) is 11.3 Å². The molecule has 7 heteroatoms. The first-order chi connectivity index (χ1) is 11.0. The van der Waals surface area contributed by atoms with Crippen LogP contribution in [0.3, 0.4) is 0 Å². The summed E-state index contributed by atoms with van der Waals surface area (Å²) in [4.78, 5) is 25.1. The zero-order chi connectivity index (χ0) is 16.8. The molecule has 1 amide bonds. The standard InChI is InChI=1S/C16H16ClNO4S/c1-18(15(19)13-6-7-14(23-13)16(20)21)8-3-9-22-12-5-2-4-11(17)10-12/h2,4-7,10H,3,8-9H2,1H3,(H,20,21). The molecule has 0 fully saturated rings. The average molecular weight is 354 g/mol. The SMILES string of the molecule is CN(CCCOc1cccc(Cl)c1)C(=O)c1ccc(C(=O)O)s1. The summed E-state index contributed by atoms with van der Waals surface area (Å²) in [6, 6.07) is 10.1. The normalized spacial score (nSPS) is 10.3. The van der Waals surface area contributed by atoms with Gasteiger partial charge in [0.1, 0.15) is 10.6 Å². The zero-order valence-corrected chi connectivity index (χ0v) is 14.1. The quantitative estimate of drug-likeness (QED) is 0.772. The van der Waals surface area contributed by atoms with Gasteiger partial charge in [-0.25, -0.2) is 4.79 Å². The molecule has 0 atom stereocenters. The van der Waals surface area contributed by atoms with E-state index >= 15 is 0 Å². The minimum Gasteiger partial charge on any atom is -0.493 e. The van der Waals surface area contributed by atoms with E-state index in [2.05, 4.69) is 0 Å². The van der Waals surface area contributed by atoms with Crippen LogP contribution in [-0.4, -0.2) is 42.1 Å². The summed E-state index contributed by atoms with van der Waals surface area (Å²) in [5, 5.41) is 9.49. The Balaban J connectivity index is 1.78. The van der Waals surface area contributed by atoms with Gasteiger partial charge in [-0.3, -0.25) is 4.79 Å². The number of rotatable bonds is 7. The summed E-state index contributed by atoms with van der Waals surface area (Å²) in [6.07, 6.45) is 0.659. The highest BCUT2D eigenvalue weighted by Gasteiger charge is 2.16. The molecule has 1 aromatic carbocycles. The monoisotopic (exact) mass is 353 g/mol. The van der Waals surface area contributed by atoms with Gasteiger partial charge in [0.25, 0.3) is 5.91 Å². The molecule has 122 valence electrons. The Morgan fingerprint density at radius 2 is 2.00 bits per heavy atom. The smallest absolute Gasteiger partial charge is 0.345 e. The fourth-order valence-electron chi connectivity index (χ4n) is 1.91. The van der Waals surface area contributed by atoms with Gasteiger partial charge in [0, 0.05) is 18.6 Å². The van der Waals surface area contributed by atoms with Crippen molar-refractivity contribution in [1.29, 1.82) is 0 Å².